The molecule has 0 fully saturated rings. The summed E-state index contributed by atoms with van der Waals surface area (Å²) in [6.07, 6.45) is 0. The van der Waals surface area contributed by atoms with Gasteiger partial charge in [-0.3, -0.25) is 0 Å². The molecule has 0 rings (SSSR count). The second kappa shape index (κ2) is 8.28. The third-order valence-corrected chi connectivity index (χ3v) is 1.91. The first kappa shape index (κ1) is 23.6. The summed E-state index contributed by atoms with van der Waals surface area (Å²) in [6, 6.07) is 0. The van der Waals surface area contributed by atoms with Gasteiger partial charge in [0.25, 0.3) is 0 Å². The van der Waals surface area contributed by atoms with Crippen LogP contribution in [-0.4, -0.2) is 38.4 Å². The van der Waals surface area contributed by atoms with Gasteiger partial charge in [0, 0.05) is 35.6 Å². The molecule has 0 atom stereocenters. The van der Waals surface area contributed by atoms with Crippen molar-refractivity contribution in [3.8, 4) is 0 Å². The largest absolute Gasteiger partial charge is 0 e. The molecule has 0 aliphatic carbocycles. The Morgan fingerprint density at radius 2 is 1.08 bits per heavy atom. The predicted molar refractivity (Wildman–Crippen MR) is 32.3 cm³/mol. The summed E-state index contributed by atoms with van der Waals surface area (Å²) in [4.78, 5) is 31.0. The summed E-state index contributed by atoms with van der Waals surface area (Å²) in [5, 5.41) is 0. The molecule has 0 saturated heterocycles. The predicted octanol–water partition coefficient (Wildman–Crippen LogP) is -1.47. The molecule has 2 radical (unpaired) electrons. The van der Waals surface area contributed by atoms with Crippen molar-refractivity contribution in [1.29, 1.82) is 0 Å². The maximum Gasteiger partial charge on any atom is 0 e. The van der Waals surface area contributed by atoms with Crippen LogP contribution >= 0.6 is 15.6 Å². The van der Waals surface area contributed by atoms with Crippen LogP contribution in [0.2, 0.25) is 0 Å². The molecule has 7 nitrogen and oxygen atoms in total. The Hall–Kier alpha value is 1.96. The van der Waals surface area contributed by atoms with E-state index in [1.54, 1.807) is 0 Å². The van der Waals surface area contributed by atoms with E-state index in [1.807, 2.05) is 0 Å². The van der Waals surface area contributed by atoms with Crippen LogP contribution in [0.15, 0.2) is 0 Å². The zero-order valence-electron chi connectivity index (χ0n) is 4.73. The summed E-state index contributed by atoms with van der Waals surface area (Å²) < 4.78 is 22.2. The normalized spacial score (nSPS) is 10.3. The Labute approximate surface area is 103 Å². The van der Waals surface area contributed by atoms with E-state index in [1.165, 1.54) is 0 Å². The number of rotatable bonds is 2. The fourth-order valence-electron chi connectivity index (χ4n) is 0.139. The maximum atomic E-state index is 9.63. The van der Waals surface area contributed by atoms with Crippen molar-refractivity contribution >= 4 is 34.5 Å². The van der Waals surface area contributed by atoms with Gasteiger partial charge in [-0.05, 0) is 0 Å². The molecule has 4 N–H and O–H groups in total. The van der Waals surface area contributed by atoms with Gasteiger partial charge in [0.15, 0.2) is 0 Å². The van der Waals surface area contributed by atoms with Crippen molar-refractivity contribution in [2.75, 3.05) is 0 Å². The molecular formula is H5LiMnO7P2V. The van der Waals surface area contributed by atoms with Crippen molar-refractivity contribution in [1.82, 2.24) is 0 Å². The molecule has 0 bridgehead atoms. The Morgan fingerprint density at radius 1 is 0.917 bits per heavy atom. The van der Waals surface area contributed by atoms with Crippen molar-refractivity contribution in [3.63, 3.8) is 0 Å². The van der Waals surface area contributed by atoms with E-state index in [2.05, 4.69) is 4.31 Å². The topological polar surface area (TPSA) is 124 Å². The molecule has 12 heteroatoms. The van der Waals surface area contributed by atoms with Crippen molar-refractivity contribution in [2.24, 2.45) is 0 Å². The molecule has 0 aromatic heterocycles. The van der Waals surface area contributed by atoms with E-state index >= 15 is 0 Å². The van der Waals surface area contributed by atoms with Crippen LogP contribution in [0.3, 0.4) is 0 Å². The first-order valence-corrected chi connectivity index (χ1v) is 4.59. The quantitative estimate of drug-likeness (QED) is 0.362. The van der Waals surface area contributed by atoms with Gasteiger partial charge in [0.1, 0.15) is 0 Å². The van der Waals surface area contributed by atoms with Crippen LogP contribution in [0, 0.1) is 0 Å². The molecule has 0 amide bonds. The van der Waals surface area contributed by atoms with Crippen molar-refractivity contribution < 1.29 is 68.6 Å². The molecule has 0 aromatic rings. The van der Waals surface area contributed by atoms with E-state index in [0.29, 0.717) is 0 Å². The van der Waals surface area contributed by atoms with Crippen LogP contribution in [0.4, 0.5) is 0 Å². The summed E-state index contributed by atoms with van der Waals surface area (Å²) in [6.45, 7) is 0. The van der Waals surface area contributed by atoms with Gasteiger partial charge >= 0.3 is 34.5 Å². The SMILES string of the molecule is O=P(O)(O)OP(=O)(O)O.[LiH].[Mn].[V]. The Morgan fingerprint density at radius 3 is 1.08 bits per heavy atom. The minimum atomic E-state index is -5.05. The fourth-order valence-corrected chi connectivity index (χ4v) is 1.25. The number of phosphoric acid groups is 2. The van der Waals surface area contributed by atoms with Gasteiger partial charge in [-0.1, -0.05) is 0 Å². The zero-order chi connectivity index (χ0) is 7.71. The Bertz CT molecular complexity index is 162. The van der Waals surface area contributed by atoms with Gasteiger partial charge in [-0.15, -0.1) is 0 Å². The molecule has 12 heavy (non-hydrogen) atoms. The first-order valence-electron chi connectivity index (χ1n) is 1.53. The molecule has 0 aliphatic rings. The van der Waals surface area contributed by atoms with Crippen LogP contribution in [0.25, 0.3) is 0 Å². The van der Waals surface area contributed by atoms with Gasteiger partial charge in [0.05, 0.1) is 0 Å². The maximum absolute atomic E-state index is 9.63. The molecular weight excluding hydrogens is 287 g/mol. The molecule has 0 aliphatic heterocycles. The minimum Gasteiger partial charge on any atom is 0 e. The monoisotopic (exact) mass is 292 g/mol. The molecule has 0 aromatic carbocycles. The Kier molecular flexibility index (Phi) is 16.3. The van der Waals surface area contributed by atoms with E-state index < -0.39 is 15.6 Å². The van der Waals surface area contributed by atoms with Crippen LogP contribution in [0.1, 0.15) is 0 Å². The standard InChI is InChI=1S/Li.Mn.H4O7P2.V.H/c;;1-8(2,3)7-9(4,5)6;;/h;;(H2,1,2,3)(H2,4,5,6);;. The third-order valence-electron chi connectivity index (χ3n) is 0.213. The van der Waals surface area contributed by atoms with Gasteiger partial charge in [-0.2, -0.15) is 4.31 Å². The third kappa shape index (κ3) is 22.7. The summed E-state index contributed by atoms with van der Waals surface area (Å²) in [7, 11) is -10.1. The second-order valence-corrected chi connectivity index (χ2v) is 3.68. The van der Waals surface area contributed by atoms with E-state index in [4.69, 9.17) is 19.6 Å². The molecule has 70 valence electrons. The summed E-state index contributed by atoms with van der Waals surface area (Å²) in [5.41, 5.74) is 0. The number of hydrogen-bond acceptors (Lipinski definition) is 3. The molecule has 0 unspecified atom stereocenters. The van der Waals surface area contributed by atoms with Crippen LogP contribution in [-0.2, 0) is 49.1 Å². The smallest absolute Gasteiger partial charge is 0 e. The van der Waals surface area contributed by atoms with Crippen molar-refractivity contribution in [3.05, 3.63) is 0 Å². The number of hydrogen-bond donors (Lipinski definition) is 4. The van der Waals surface area contributed by atoms with E-state index in [-0.39, 0.29) is 54.5 Å². The molecule has 0 saturated carbocycles. The van der Waals surface area contributed by atoms with Gasteiger partial charge in [-0.25, -0.2) is 9.13 Å². The van der Waals surface area contributed by atoms with Gasteiger partial charge < -0.3 is 19.6 Å². The van der Waals surface area contributed by atoms with Crippen molar-refractivity contribution in [2.45, 2.75) is 0 Å². The molecule has 0 spiro atoms. The zero-order valence-corrected chi connectivity index (χ0v) is 9.10. The van der Waals surface area contributed by atoms with E-state index in [9.17, 15) is 9.13 Å². The molecule has 0 heterocycles. The average molecular weight is 292 g/mol. The average Bonchev–Trinajstić information content (AvgIpc) is 1.14. The second-order valence-electron chi connectivity index (χ2n) is 1.06. The summed E-state index contributed by atoms with van der Waals surface area (Å²) in [5.74, 6) is 0. The van der Waals surface area contributed by atoms with Crippen LogP contribution in [0.5, 0.6) is 0 Å². The van der Waals surface area contributed by atoms with E-state index in [0.717, 1.165) is 0 Å². The minimum absolute atomic E-state index is 0. The van der Waals surface area contributed by atoms with Crippen LogP contribution < -0.4 is 0 Å². The first-order chi connectivity index (χ1) is 3.71. The fraction of sp³-hybridized carbons (Fsp3) is 0. The van der Waals surface area contributed by atoms with Gasteiger partial charge in [0.2, 0.25) is 0 Å². The Balaban J connectivity index is -0.000000107. The summed E-state index contributed by atoms with van der Waals surface area (Å²) >= 11 is 0.